The van der Waals surface area contributed by atoms with E-state index in [1.165, 1.54) is 16.9 Å². The highest BCUT2D eigenvalue weighted by atomic mass is 32.1. The lowest BCUT2D eigenvalue weighted by Crippen LogP contribution is -2.11. The van der Waals surface area contributed by atoms with Crippen LogP contribution in [0.5, 0.6) is 0 Å². The van der Waals surface area contributed by atoms with Gasteiger partial charge in [-0.2, -0.15) is 0 Å². The minimum Gasteiger partial charge on any atom is -0.387 e. The number of aliphatic hydroxyl groups excluding tert-OH is 1. The Kier molecular flexibility index (Phi) is 5.26. The molecule has 0 radical (unpaired) electrons. The first-order valence-corrected chi connectivity index (χ1v) is 7.50. The van der Waals surface area contributed by atoms with Crippen molar-refractivity contribution in [2.75, 3.05) is 5.32 Å². The summed E-state index contributed by atoms with van der Waals surface area (Å²) in [5, 5.41) is 14.4. The van der Waals surface area contributed by atoms with Crippen molar-refractivity contribution in [3.05, 3.63) is 47.0 Å². The summed E-state index contributed by atoms with van der Waals surface area (Å²) >= 11 is 1.33. The van der Waals surface area contributed by atoms with Gasteiger partial charge in [-0.05, 0) is 25.3 Å². The lowest BCUT2D eigenvalue weighted by atomic mass is 10.1. The van der Waals surface area contributed by atoms with E-state index in [0.717, 1.165) is 12.8 Å². The Morgan fingerprint density at radius 1 is 1.40 bits per heavy atom. The summed E-state index contributed by atoms with van der Waals surface area (Å²) in [6, 6.07) is 10.1. The molecule has 0 spiro atoms. The molecule has 1 heterocycles. The first kappa shape index (κ1) is 14.7. The van der Waals surface area contributed by atoms with E-state index in [9.17, 15) is 9.90 Å². The highest BCUT2D eigenvalue weighted by Crippen LogP contribution is 2.20. The lowest BCUT2D eigenvalue weighted by Gasteiger charge is -2.02. The van der Waals surface area contributed by atoms with Gasteiger partial charge >= 0.3 is 0 Å². The molecule has 0 bridgehead atoms. The first-order valence-electron chi connectivity index (χ1n) is 6.62. The van der Waals surface area contributed by atoms with E-state index in [4.69, 9.17) is 0 Å². The molecule has 5 heteroatoms. The number of nitrogens with one attached hydrogen (secondary N) is 1. The Labute approximate surface area is 122 Å². The summed E-state index contributed by atoms with van der Waals surface area (Å²) in [6.07, 6.45) is 1.57. The number of benzene rings is 1. The van der Waals surface area contributed by atoms with Gasteiger partial charge < -0.3 is 10.4 Å². The zero-order valence-electron chi connectivity index (χ0n) is 11.4. The highest BCUT2D eigenvalue weighted by Gasteiger charge is 2.09. The Bertz CT molecular complexity index is 552. The number of anilines is 1. The molecule has 0 aliphatic carbocycles. The Hall–Kier alpha value is -1.72. The molecule has 20 heavy (non-hydrogen) atoms. The van der Waals surface area contributed by atoms with Crippen LogP contribution in [-0.4, -0.2) is 16.0 Å². The molecule has 2 N–H and O–H groups in total. The first-order chi connectivity index (χ1) is 9.65. The van der Waals surface area contributed by atoms with Crippen LogP contribution in [0.2, 0.25) is 0 Å². The molecule has 0 aliphatic heterocycles. The summed E-state index contributed by atoms with van der Waals surface area (Å²) in [4.78, 5) is 15.9. The average Bonchev–Trinajstić information content (AvgIpc) is 2.88. The molecular weight excluding hydrogens is 272 g/mol. The fourth-order valence-electron chi connectivity index (χ4n) is 1.81. The van der Waals surface area contributed by atoms with E-state index in [-0.39, 0.29) is 5.91 Å². The maximum absolute atomic E-state index is 11.8. The van der Waals surface area contributed by atoms with Crippen LogP contribution in [-0.2, 0) is 11.2 Å². The summed E-state index contributed by atoms with van der Waals surface area (Å²) in [7, 11) is 0. The van der Waals surface area contributed by atoms with Crippen molar-refractivity contribution in [1.29, 1.82) is 0 Å². The van der Waals surface area contributed by atoms with Gasteiger partial charge in [0.2, 0.25) is 5.91 Å². The molecule has 0 saturated heterocycles. The highest BCUT2D eigenvalue weighted by molar-refractivity contribution is 7.13. The van der Waals surface area contributed by atoms with Gasteiger partial charge in [0.15, 0.2) is 5.13 Å². The smallest absolute Gasteiger partial charge is 0.226 e. The maximum atomic E-state index is 11.8. The summed E-state index contributed by atoms with van der Waals surface area (Å²) in [5.41, 5.74) is 1.83. The number of nitrogens with zero attached hydrogens (tertiary/aromatic N) is 1. The second kappa shape index (κ2) is 7.17. The van der Waals surface area contributed by atoms with Crippen molar-refractivity contribution in [2.24, 2.45) is 0 Å². The molecule has 1 unspecified atom stereocenters. The van der Waals surface area contributed by atoms with E-state index in [0.29, 0.717) is 17.2 Å². The zero-order chi connectivity index (χ0) is 14.4. The van der Waals surface area contributed by atoms with Gasteiger partial charge in [-0.25, -0.2) is 4.98 Å². The predicted octanol–water partition coefficient (Wildman–Crippen LogP) is 3.16. The van der Waals surface area contributed by atoms with Crippen molar-refractivity contribution in [1.82, 2.24) is 4.98 Å². The van der Waals surface area contributed by atoms with Gasteiger partial charge in [-0.3, -0.25) is 4.79 Å². The van der Waals surface area contributed by atoms with E-state index in [1.54, 1.807) is 12.3 Å². The number of carbonyl (C=O) groups is 1. The number of thiazole rings is 1. The van der Waals surface area contributed by atoms with E-state index >= 15 is 0 Å². The SMILES string of the molecule is CC(O)c1csc(NC(=O)CCCc2ccccc2)n1. The van der Waals surface area contributed by atoms with Crippen molar-refractivity contribution in [2.45, 2.75) is 32.3 Å². The van der Waals surface area contributed by atoms with Crippen LogP contribution >= 0.6 is 11.3 Å². The van der Waals surface area contributed by atoms with Crippen LogP contribution in [0.4, 0.5) is 5.13 Å². The topological polar surface area (TPSA) is 62.2 Å². The maximum Gasteiger partial charge on any atom is 0.226 e. The fourth-order valence-corrected chi connectivity index (χ4v) is 2.63. The lowest BCUT2D eigenvalue weighted by molar-refractivity contribution is -0.116. The zero-order valence-corrected chi connectivity index (χ0v) is 12.2. The van der Waals surface area contributed by atoms with E-state index in [1.807, 2.05) is 18.2 Å². The predicted molar refractivity (Wildman–Crippen MR) is 80.8 cm³/mol. The van der Waals surface area contributed by atoms with Crippen LogP contribution in [0.15, 0.2) is 35.7 Å². The number of carbonyl (C=O) groups excluding carboxylic acids is 1. The van der Waals surface area contributed by atoms with Crippen LogP contribution in [0.25, 0.3) is 0 Å². The van der Waals surface area contributed by atoms with Gasteiger partial charge in [0.1, 0.15) is 0 Å². The standard InChI is InChI=1S/C15H18N2O2S/c1-11(18)13-10-20-15(16-13)17-14(19)9-5-8-12-6-3-2-4-7-12/h2-4,6-7,10-11,18H,5,8-9H2,1H3,(H,16,17,19). The summed E-state index contributed by atoms with van der Waals surface area (Å²) < 4.78 is 0. The molecule has 1 aromatic carbocycles. The molecule has 0 aliphatic rings. The van der Waals surface area contributed by atoms with Crippen LogP contribution in [0.3, 0.4) is 0 Å². The molecule has 2 aromatic rings. The number of hydrogen-bond donors (Lipinski definition) is 2. The third-order valence-corrected chi connectivity index (χ3v) is 3.68. The molecule has 0 saturated carbocycles. The number of aryl methyl sites for hydroxylation is 1. The van der Waals surface area contributed by atoms with Crippen molar-refractivity contribution in [3.63, 3.8) is 0 Å². The Balaban J connectivity index is 1.75. The second-order valence-electron chi connectivity index (χ2n) is 4.64. The number of rotatable bonds is 6. The van der Waals surface area contributed by atoms with Crippen molar-refractivity contribution < 1.29 is 9.90 Å². The van der Waals surface area contributed by atoms with E-state index in [2.05, 4.69) is 22.4 Å². The average molecular weight is 290 g/mol. The summed E-state index contributed by atoms with van der Waals surface area (Å²) in [6.45, 7) is 1.65. The largest absolute Gasteiger partial charge is 0.387 e. The number of aliphatic hydroxyl groups is 1. The quantitative estimate of drug-likeness (QED) is 0.859. The van der Waals surface area contributed by atoms with Gasteiger partial charge in [-0.15, -0.1) is 11.3 Å². The van der Waals surface area contributed by atoms with Gasteiger partial charge in [0.25, 0.3) is 0 Å². The molecular formula is C15H18N2O2S. The number of amides is 1. The van der Waals surface area contributed by atoms with E-state index < -0.39 is 6.10 Å². The number of hydrogen-bond acceptors (Lipinski definition) is 4. The third kappa shape index (κ3) is 4.43. The van der Waals surface area contributed by atoms with Crippen LogP contribution in [0, 0.1) is 0 Å². The molecule has 1 amide bonds. The van der Waals surface area contributed by atoms with Crippen molar-refractivity contribution >= 4 is 22.4 Å². The van der Waals surface area contributed by atoms with Gasteiger partial charge in [0.05, 0.1) is 11.8 Å². The van der Waals surface area contributed by atoms with Gasteiger partial charge in [-0.1, -0.05) is 30.3 Å². The molecule has 4 nitrogen and oxygen atoms in total. The summed E-state index contributed by atoms with van der Waals surface area (Å²) in [5.74, 6) is -0.0348. The molecule has 1 aromatic heterocycles. The van der Waals surface area contributed by atoms with Crippen LogP contribution in [0.1, 0.15) is 37.1 Å². The fraction of sp³-hybridized carbons (Fsp3) is 0.333. The van der Waals surface area contributed by atoms with Crippen LogP contribution < -0.4 is 5.32 Å². The minimum atomic E-state index is -0.602. The molecule has 0 fully saturated rings. The number of aromatic nitrogens is 1. The van der Waals surface area contributed by atoms with Crippen molar-refractivity contribution in [3.8, 4) is 0 Å². The monoisotopic (exact) mass is 290 g/mol. The second-order valence-corrected chi connectivity index (χ2v) is 5.50. The Morgan fingerprint density at radius 3 is 2.80 bits per heavy atom. The Morgan fingerprint density at radius 2 is 2.15 bits per heavy atom. The molecule has 1 atom stereocenters. The van der Waals surface area contributed by atoms with Gasteiger partial charge in [0, 0.05) is 11.8 Å². The molecule has 2 rings (SSSR count). The minimum absolute atomic E-state index is 0.0348. The molecule has 106 valence electrons. The normalized spacial score (nSPS) is 12.1. The third-order valence-electron chi connectivity index (χ3n) is 2.91.